The molecular formula is C77H149NO5. The maximum absolute atomic E-state index is 12.4. The molecule has 0 saturated carbocycles. The van der Waals surface area contributed by atoms with Crippen LogP contribution in [0.5, 0.6) is 0 Å². The molecule has 0 fully saturated rings. The topological polar surface area (TPSA) is 95.9 Å². The first kappa shape index (κ1) is 81.3. The van der Waals surface area contributed by atoms with Crippen LogP contribution in [0.25, 0.3) is 0 Å². The zero-order valence-electron chi connectivity index (χ0n) is 56.5. The summed E-state index contributed by atoms with van der Waals surface area (Å²) >= 11 is 0. The van der Waals surface area contributed by atoms with Gasteiger partial charge in [0.2, 0.25) is 5.91 Å². The van der Waals surface area contributed by atoms with E-state index in [1.165, 1.54) is 366 Å². The Morgan fingerprint density at radius 1 is 0.325 bits per heavy atom. The number of carbonyl (C=O) groups is 2. The largest absolute Gasteiger partial charge is 0.466 e. The van der Waals surface area contributed by atoms with Crippen molar-refractivity contribution in [2.45, 2.75) is 443 Å². The zero-order chi connectivity index (χ0) is 59.9. The summed E-state index contributed by atoms with van der Waals surface area (Å²) in [6.07, 6.45) is 93.1. The van der Waals surface area contributed by atoms with Gasteiger partial charge in [-0.3, -0.25) is 9.59 Å². The molecule has 0 rings (SSSR count). The molecule has 0 heterocycles. The third-order valence-electron chi connectivity index (χ3n) is 18.0. The molecule has 0 radical (unpaired) electrons. The molecule has 0 spiro atoms. The highest BCUT2D eigenvalue weighted by molar-refractivity contribution is 5.76. The van der Waals surface area contributed by atoms with Crippen molar-refractivity contribution in [3.05, 3.63) is 24.3 Å². The lowest BCUT2D eigenvalue weighted by atomic mass is 10.0. The smallest absolute Gasteiger partial charge is 0.305 e. The van der Waals surface area contributed by atoms with Crippen LogP contribution in [0.2, 0.25) is 0 Å². The van der Waals surface area contributed by atoms with Gasteiger partial charge < -0.3 is 20.3 Å². The lowest BCUT2D eigenvalue weighted by Crippen LogP contribution is -2.45. The molecule has 0 aromatic carbocycles. The number of carbonyl (C=O) groups excluding carboxylic acids is 2. The number of esters is 1. The van der Waals surface area contributed by atoms with E-state index in [0.717, 1.165) is 38.5 Å². The van der Waals surface area contributed by atoms with Crippen LogP contribution in [-0.2, 0) is 14.3 Å². The predicted octanol–water partition coefficient (Wildman–Crippen LogP) is 24.9. The second-order valence-corrected chi connectivity index (χ2v) is 26.3. The minimum absolute atomic E-state index is 0.0235. The molecule has 0 aliphatic heterocycles. The Labute approximate surface area is 520 Å². The number of hydrogen-bond donors (Lipinski definition) is 3. The van der Waals surface area contributed by atoms with Gasteiger partial charge in [-0.1, -0.05) is 385 Å². The molecule has 2 unspecified atom stereocenters. The highest BCUT2D eigenvalue weighted by Gasteiger charge is 2.18. The van der Waals surface area contributed by atoms with Gasteiger partial charge in [-0.2, -0.15) is 0 Å². The second-order valence-electron chi connectivity index (χ2n) is 26.3. The van der Waals surface area contributed by atoms with E-state index in [-0.39, 0.29) is 18.5 Å². The minimum atomic E-state index is -0.838. The molecule has 6 heteroatoms. The average molecular weight is 1170 g/mol. The van der Waals surface area contributed by atoms with Crippen LogP contribution in [0.15, 0.2) is 24.3 Å². The lowest BCUT2D eigenvalue weighted by molar-refractivity contribution is -0.143. The molecule has 492 valence electrons. The van der Waals surface area contributed by atoms with Gasteiger partial charge in [0.25, 0.3) is 0 Å². The first-order valence-electron chi connectivity index (χ1n) is 38.1. The fourth-order valence-corrected chi connectivity index (χ4v) is 12.2. The van der Waals surface area contributed by atoms with Gasteiger partial charge in [-0.05, 0) is 57.8 Å². The Balaban J connectivity index is 3.27. The highest BCUT2D eigenvalue weighted by Crippen LogP contribution is 2.20. The normalized spacial score (nSPS) is 12.6. The van der Waals surface area contributed by atoms with Crippen molar-refractivity contribution >= 4 is 11.9 Å². The summed E-state index contributed by atoms with van der Waals surface area (Å²) in [5.74, 6) is -0.0387. The maximum Gasteiger partial charge on any atom is 0.305 e. The summed E-state index contributed by atoms with van der Waals surface area (Å²) in [5.41, 5.74) is 0. The number of unbranched alkanes of at least 4 members (excludes halogenated alkanes) is 59. The van der Waals surface area contributed by atoms with Crippen LogP contribution in [0.1, 0.15) is 431 Å². The number of aliphatic hydroxyl groups excluding tert-OH is 2. The Kier molecular flexibility index (Phi) is 71.4. The van der Waals surface area contributed by atoms with Crippen molar-refractivity contribution in [3.8, 4) is 0 Å². The minimum Gasteiger partial charge on any atom is -0.466 e. The van der Waals surface area contributed by atoms with Crippen molar-refractivity contribution in [2.24, 2.45) is 0 Å². The zero-order valence-corrected chi connectivity index (χ0v) is 56.5. The summed E-state index contributed by atoms with van der Waals surface area (Å²) in [7, 11) is 0. The summed E-state index contributed by atoms with van der Waals surface area (Å²) in [5, 5.41) is 23.0. The first-order chi connectivity index (χ1) is 41.0. The van der Waals surface area contributed by atoms with Crippen LogP contribution < -0.4 is 5.32 Å². The Bertz CT molecular complexity index is 1300. The molecule has 0 saturated heterocycles. The number of hydrogen-bond acceptors (Lipinski definition) is 5. The van der Waals surface area contributed by atoms with E-state index in [2.05, 4.69) is 31.3 Å². The quantitative estimate of drug-likeness (QED) is 0.0320. The number of allylic oxidation sites excluding steroid dienone is 3. The van der Waals surface area contributed by atoms with Crippen molar-refractivity contribution in [1.29, 1.82) is 0 Å². The standard InChI is InChI=1S/C77H149NO5/c1-3-5-7-9-11-13-15-16-17-18-38-42-45-48-51-55-59-63-67-71-77(82)83-72-68-64-60-56-52-49-46-43-40-37-35-33-31-29-27-25-23-21-19-20-22-24-26-28-30-32-34-36-39-41-44-47-50-54-58-62-66-70-76(81)78-74(73-79)75(80)69-65-61-57-53-14-12-10-8-6-4-2/h16-17,65,69,74-75,79-80H,3-15,18-64,66-68,70-73H2,1-2H3,(H,78,81)/b17-16-,69-65+. The molecule has 0 bridgehead atoms. The highest BCUT2D eigenvalue weighted by atomic mass is 16.5. The van der Waals surface area contributed by atoms with E-state index >= 15 is 0 Å². The molecule has 0 aromatic heterocycles. The van der Waals surface area contributed by atoms with Gasteiger partial charge in [-0.25, -0.2) is 0 Å². The van der Waals surface area contributed by atoms with Gasteiger partial charge >= 0.3 is 5.97 Å². The number of ether oxygens (including phenoxy) is 1. The van der Waals surface area contributed by atoms with E-state index < -0.39 is 12.1 Å². The van der Waals surface area contributed by atoms with Crippen molar-refractivity contribution in [1.82, 2.24) is 5.32 Å². The monoisotopic (exact) mass is 1170 g/mol. The van der Waals surface area contributed by atoms with Gasteiger partial charge in [0.15, 0.2) is 0 Å². The van der Waals surface area contributed by atoms with E-state index in [4.69, 9.17) is 4.74 Å². The molecule has 83 heavy (non-hydrogen) atoms. The van der Waals surface area contributed by atoms with E-state index in [1.54, 1.807) is 6.08 Å². The summed E-state index contributed by atoms with van der Waals surface area (Å²) in [4.78, 5) is 24.6. The van der Waals surface area contributed by atoms with Crippen LogP contribution >= 0.6 is 0 Å². The van der Waals surface area contributed by atoms with Crippen molar-refractivity contribution < 1.29 is 24.5 Å². The van der Waals surface area contributed by atoms with Crippen LogP contribution in [0.4, 0.5) is 0 Å². The number of nitrogens with one attached hydrogen (secondary N) is 1. The predicted molar refractivity (Wildman–Crippen MR) is 366 cm³/mol. The summed E-state index contributed by atoms with van der Waals surface area (Å²) < 4.78 is 5.52. The molecule has 0 aromatic rings. The van der Waals surface area contributed by atoms with Gasteiger partial charge in [0.1, 0.15) is 0 Å². The molecule has 2 atom stereocenters. The van der Waals surface area contributed by atoms with Crippen LogP contribution in [-0.4, -0.2) is 47.4 Å². The molecule has 0 aliphatic rings. The van der Waals surface area contributed by atoms with Gasteiger partial charge in [0, 0.05) is 12.8 Å². The Morgan fingerprint density at radius 3 is 0.855 bits per heavy atom. The molecule has 0 aliphatic carbocycles. The average Bonchev–Trinajstić information content (AvgIpc) is 3.50. The van der Waals surface area contributed by atoms with Gasteiger partial charge in [-0.15, -0.1) is 0 Å². The molecule has 1 amide bonds. The summed E-state index contributed by atoms with van der Waals surface area (Å²) in [6.45, 7) is 4.92. The van der Waals surface area contributed by atoms with E-state index in [0.29, 0.717) is 19.4 Å². The molecule has 6 nitrogen and oxygen atoms in total. The van der Waals surface area contributed by atoms with Crippen molar-refractivity contribution in [3.63, 3.8) is 0 Å². The van der Waals surface area contributed by atoms with Crippen LogP contribution in [0.3, 0.4) is 0 Å². The fraction of sp³-hybridized carbons (Fsp3) is 0.922. The third-order valence-corrected chi connectivity index (χ3v) is 18.0. The summed E-state index contributed by atoms with van der Waals surface area (Å²) in [6, 6.07) is -0.621. The number of rotatable bonds is 72. The van der Waals surface area contributed by atoms with E-state index in [9.17, 15) is 19.8 Å². The van der Waals surface area contributed by atoms with Crippen molar-refractivity contribution in [2.75, 3.05) is 13.2 Å². The van der Waals surface area contributed by atoms with E-state index in [1.807, 2.05) is 6.08 Å². The SMILES string of the molecule is CCCCCCCC/C=C\CCCCCCCCCCCC(=O)OCCCCCCCCCCCCCCCCCCCCCCCCCCCCCCCCCCCCCCCC(=O)NC(CO)C(O)/C=C/CCCCCCCCCC. The lowest BCUT2D eigenvalue weighted by Gasteiger charge is -2.20. The number of aliphatic hydroxyl groups is 2. The molecule has 3 N–H and O–H groups in total. The first-order valence-corrected chi connectivity index (χ1v) is 38.1. The maximum atomic E-state index is 12.4. The van der Waals surface area contributed by atoms with Gasteiger partial charge in [0.05, 0.1) is 25.4 Å². The Morgan fingerprint density at radius 2 is 0.566 bits per heavy atom. The van der Waals surface area contributed by atoms with Crippen LogP contribution in [0, 0.1) is 0 Å². The third kappa shape index (κ3) is 69.3. The fourth-order valence-electron chi connectivity index (χ4n) is 12.2. The molecular weight excluding hydrogens is 1020 g/mol. The second kappa shape index (κ2) is 72.8. The Hall–Kier alpha value is -1.66. The number of amides is 1.